The van der Waals surface area contributed by atoms with E-state index in [1.165, 1.54) is 6.92 Å². The van der Waals surface area contributed by atoms with E-state index in [-0.39, 0.29) is 17.7 Å². The summed E-state index contributed by atoms with van der Waals surface area (Å²) in [5.74, 6) is -0.349. The average Bonchev–Trinajstić information content (AvgIpc) is 3.19. The molecule has 5 heteroatoms. The van der Waals surface area contributed by atoms with Crippen molar-refractivity contribution in [2.75, 3.05) is 7.11 Å². The van der Waals surface area contributed by atoms with Crippen molar-refractivity contribution in [1.29, 1.82) is 0 Å². The van der Waals surface area contributed by atoms with E-state index in [0.717, 1.165) is 17.7 Å². The molecule has 1 amide bonds. The number of carbonyl (C=O) groups excluding carboxylic acids is 1. The molecule has 102 valence electrons. The van der Waals surface area contributed by atoms with Crippen LogP contribution in [0.15, 0.2) is 24.3 Å². The summed E-state index contributed by atoms with van der Waals surface area (Å²) in [5.41, 5.74) is 1.09. The van der Waals surface area contributed by atoms with E-state index >= 15 is 0 Å². The van der Waals surface area contributed by atoms with Gasteiger partial charge in [0.15, 0.2) is 0 Å². The van der Waals surface area contributed by atoms with Gasteiger partial charge in [-0.2, -0.15) is 0 Å². The number of ether oxygens (including phenoxy) is 1. The van der Waals surface area contributed by atoms with Gasteiger partial charge in [-0.25, -0.2) is 0 Å². The number of carboxylic acids is 1. The highest BCUT2D eigenvalue weighted by Crippen LogP contribution is 2.47. The fraction of sp³-hybridized carbons (Fsp3) is 0.429. The van der Waals surface area contributed by atoms with Gasteiger partial charge in [0.05, 0.1) is 7.11 Å². The Morgan fingerprint density at radius 3 is 2.53 bits per heavy atom. The second-order valence-electron chi connectivity index (χ2n) is 4.79. The summed E-state index contributed by atoms with van der Waals surface area (Å²) in [6.07, 6.45) is 0.768. The number of benzene rings is 1. The van der Waals surface area contributed by atoms with Gasteiger partial charge in [-0.1, -0.05) is 12.1 Å². The maximum Gasteiger partial charge on any atom is 0.325 e. The number of hydrogen-bond acceptors (Lipinski definition) is 3. The molecule has 19 heavy (non-hydrogen) atoms. The lowest BCUT2D eigenvalue weighted by molar-refractivity contribution is -0.141. The molecule has 3 atom stereocenters. The monoisotopic (exact) mass is 263 g/mol. The van der Waals surface area contributed by atoms with Crippen LogP contribution >= 0.6 is 0 Å². The van der Waals surface area contributed by atoms with Crippen LogP contribution in [0.25, 0.3) is 0 Å². The van der Waals surface area contributed by atoms with Crippen LogP contribution < -0.4 is 10.1 Å². The predicted octanol–water partition coefficient (Wildman–Crippen LogP) is 1.39. The highest BCUT2D eigenvalue weighted by molar-refractivity contribution is 5.87. The molecule has 3 unspecified atom stereocenters. The van der Waals surface area contributed by atoms with Crippen molar-refractivity contribution in [1.82, 2.24) is 5.32 Å². The third kappa shape index (κ3) is 3.05. The standard InChI is InChI=1S/C14H17NO4/c1-8(14(17)18)15-13(16)12-7-11(12)9-3-5-10(19-2)6-4-9/h3-6,8,11-12H,7H2,1-2H3,(H,15,16)(H,17,18). The summed E-state index contributed by atoms with van der Waals surface area (Å²) in [7, 11) is 1.61. The zero-order chi connectivity index (χ0) is 14.0. The largest absolute Gasteiger partial charge is 0.497 e. The maximum atomic E-state index is 11.8. The van der Waals surface area contributed by atoms with Crippen molar-refractivity contribution in [3.63, 3.8) is 0 Å². The SMILES string of the molecule is COc1ccc(C2CC2C(=O)NC(C)C(=O)O)cc1. The Balaban J connectivity index is 1.92. The van der Waals surface area contributed by atoms with Crippen molar-refractivity contribution >= 4 is 11.9 Å². The first-order valence-corrected chi connectivity index (χ1v) is 6.20. The third-order valence-corrected chi connectivity index (χ3v) is 3.40. The molecule has 1 aromatic carbocycles. The number of amides is 1. The van der Waals surface area contributed by atoms with Gasteiger partial charge in [0.2, 0.25) is 5.91 Å². The smallest absolute Gasteiger partial charge is 0.325 e. The van der Waals surface area contributed by atoms with E-state index < -0.39 is 12.0 Å². The lowest BCUT2D eigenvalue weighted by atomic mass is 10.1. The minimum Gasteiger partial charge on any atom is -0.497 e. The van der Waals surface area contributed by atoms with E-state index in [9.17, 15) is 9.59 Å². The molecule has 1 fully saturated rings. The van der Waals surface area contributed by atoms with Crippen molar-refractivity contribution in [3.05, 3.63) is 29.8 Å². The molecule has 1 aromatic rings. The highest BCUT2D eigenvalue weighted by atomic mass is 16.5. The fourth-order valence-electron chi connectivity index (χ4n) is 2.09. The van der Waals surface area contributed by atoms with Gasteiger partial charge in [0, 0.05) is 5.92 Å². The molecule has 5 nitrogen and oxygen atoms in total. The number of hydrogen-bond donors (Lipinski definition) is 2. The molecule has 1 aliphatic carbocycles. The number of carbonyl (C=O) groups is 2. The molecule has 0 aliphatic heterocycles. The summed E-state index contributed by atoms with van der Waals surface area (Å²) in [6, 6.07) is 6.77. The van der Waals surface area contributed by atoms with Gasteiger partial charge in [0.25, 0.3) is 0 Å². The van der Waals surface area contributed by atoms with Crippen molar-refractivity contribution in [2.24, 2.45) is 5.92 Å². The lowest BCUT2D eigenvalue weighted by Crippen LogP contribution is -2.39. The molecule has 0 radical (unpaired) electrons. The van der Waals surface area contributed by atoms with Crippen LogP contribution in [0.2, 0.25) is 0 Å². The van der Waals surface area contributed by atoms with Crippen LogP contribution in [0.4, 0.5) is 0 Å². The number of aliphatic carboxylic acids is 1. The second kappa shape index (κ2) is 5.30. The number of nitrogens with one attached hydrogen (secondary N) is 1. The number of rotatable bonds is 5. The van der Waals surface area contributed by atoms with E-state index in [1.54, 1.807) is 7.11 Å². The normalized spacial score (nSPS) is 22.4. The van der Waals surface area contributed by atoms with Gasteiger partial charge in [-0.05, 0) is 37.0 Å². The molecule has 0 saturated heterocycles. The zero-order valence-electron chi connectivity index (χ0n) is 10.9. The number of methoxy groups -OCH3 is 1. The summed E-state index contributed by atoms with van der Waals surface area (Å²) in [4.78, 5) is 22.5. The first-order valence-electron chi connectivity index (χ1n) is 6.20. The molecule has 2 rings (SSSR count). The van der Waals surface area contributed by atoms with Crippen LogP contribution in [-0.4, -0.2) is 30.1 Å². The molecule has 1 saturated carbocycles. The quantitative estimate of drug-likeness (QED) is 0.841. The highest BCUT2D eigenvalue weighted by Gasteiger charge is 2.44. The van der Waals surface area contributed by atoms with Crippen molar-refractivity contribution in [2.45, 2.75) is 25.3 Å². The topological polar surface area (TPSA) is 75.6 Å². The lowest BCUT2D eigenvalue weighted by Gasteiger charge is -2.09. The molecule has 1 aliphatic rings. The maximum absolute atomic E-state index is 11.8. The molecular weight excluding hydrogens is 246 g/mol. The number of carboxylic acid groups (broad SMARTS) is 1. The zero-order valence-corrected chi connectivity index (χ0v) is 10.9. The molecule has 0 heterocycles. The summed E-state index contributed by atoms with van der Waals surface area (Å²) >= 11 is 0. The van der Waals surface area contributed by atoms with Gasteiger partial charge in [0.1, 0.15) is 11.8 Å². The van der Waals surface area contributed by atoms with E-state index in [0.29, 0.717) is 0 Å². The van der Waals surface area contributed by atoms with Crippen LogP contribution in [0.3, 0.4) is 0 Å². The van der Waals surface area contributed by atoms with Crippen LogP contribution in [0, 0.1) is 5.92 Å². The predicted molar refractivity (Wildman–Crippen MR) is 69.1 cm³/mol. The second-order valence-corrected chi connectivity index (χ2v) is 4.79. The molecule has 2 N–H and O–H groups in total. The first kappa shape index (κ1) is 13.4. The molecule has 0 bridgehead atoms. The Morgan fingerprint density at radius 1 is 1.37 bits per heavy atom. The molecule has 0 aromatic heterocycles. The van der Waals surface area contributed by atoms with Gasteiger partial charge >= 0.3 is 5.97 Å². The van der Waals surface area contributed by atoms with Gasteiger partial charge in [-0.3, -0.25) is 9.59 Å². The van der Waals surface area contributed by atoms with E-state index in [2.05, 4.69) is 5.32 Å². The Morgan fingerprint density at radius 2 is 2.00 bits per heavy atom. The summed E-state index contributed by atoms with van der Waals surface area (Å²) in [5, 5.41) is 11.2. The minimum atomic E-state index is -1.02. The average molecular weight is 263 g/mol. The summed E-state index contributed by atoms with van der Waals surface area (Å²) < 4.78 is 5.08. The van der Waals surface area contributed by atoms with Crippen LogP contribution in [0.5, 0.6) is 5.75 Å². The van der Waals surface area contributed by atoms with Gasteiger partial charge in [-0.15, -0.1) is 0 Å². The first-order chi connectivity index (χ1) is 9.02. The van der Waals surface area contributed by atoms with Gasteiger partial charge < -0.3 is 15.2 Å². The van der Waals surface area contributed by atoms with Crippen LogP contribution in [-0.2, 0) is 9.59 Å². The van der Waals surface area contributed by atoms with Crippen molar-refractivity contribution in [3.8, 4) is 5.75 Å². The van der Waals surface area contributed by atoms with E-state index in [4.69, 9.17) is 9.84 Å². The van der Waals surface area contributed by atoms with Crippen molar-refractivity contribution < 1.29 is 19.4 Å². The van der Waals surface area contributed by atoms with E-state index in [1.807, 2.05) is 24.3 Å². The Labute approximate surface area is 111 Å². The third-order valence-electron chi connectivity index (χ3n) is 3.40. The summed E-state index contributed by atoms with van der Waals surface area (Å²) in [6.45, 7) is 1.46. The fourth-order valence-corrected chi connectivity index (χ4v) is 2.09. The minimum absolute atomic E-state index is 0.116. The molecule has 0 spiro atoms. The Hall–Kier alpha value is -2.04. The Kier molecular flexibility index (Phi) is 3.74. The Bertz CT molecular complexity index is 483. The molecular formula is C14H17NO4. The van der Waals surface area contributed by atoms with Crippen LogP contribution in [0.1, 0.15) is 24.8 Å².